The van der Waals surface area contributed by atoms with Gasteiger partial charge in [-0.3, -0.25) is 0 Å². The number of hydrogen-bond acceptors (Lipinski definition) is 5. The van der Waals surface area contributed by atoms with Gasteiger partial charge in [0, 0.05) is 19.6 Å². The number of ether oxygens (including phenoxy) is 1. The van der Waals surface area contributed by atoms with Crippen LogP contribution in [0.3, 0.4) is 0 Å². The lowest BCUT2D eigenvalue weighted by atomic mass is 9.97. The molecule has 1 saturated heterocycles. The van der Waals surface area contributed by atoms with Gasteiger partial charge in [0.1, 0.15) is 0 Å². The fraction of sp³-hybridized carbons (Fsp3) is 0.857. The first kappa shape index (κ1) is 13.1. The normalized spacial score (nSPS) is 32.4. The summed E-state index contributed by atoms with van der Waals surface area (Å²) in [5.41, 5.74) is 0. The lowest BCUT2D eigenvalue weighted by molar-refractivity contribution is 0.119. The van der Waals surface area contributed by atoms with E-state index in [9.17, 15) is 5.11 Å². The van der Waals surface area contributed by atoms with Gasteiger partial charge in [0.05, 0.1) is 12.0 Å². The highest BCUT2D eigenvalue weighted by molar-refractivity contribution is 4.99. The maximum absolute atomic E-state index is 10.1. The van der Waals surface area contributed by atoms with Crippen molar-refractivity contribution in [2.45, 2.75) is 57.0 Å². The van der Waals surface area contributed by atoms with Crippen molar-refractivity contribution in [2.24, 2.45) is 5.92 Å². The maximum atomic E-state index is 10.1. The summed E-state index contributed by atoms with van der Waals surface area (Å²) in [5.74, 6) is 1.94. The summed E-state index contributed by atoms with van der Waals surface area (Å²) in [7, 11) is 0. The molecular weight excluding hydrogens is 244 g/mol. The van der Waals surface area contributed by atoms with E-state index in [2.05, 4.69) is 10.1 Å². The van der Waals surface area contributed by atoms with Gasteiger partial charge in [0.15, 0.2) is 5.82 Å². The number of hydrogen-bond donors (Lipinski definition) is 1. The molecule has 0 aromatic carbocycles. The monoisotopic (exact) mass is 266 g/mol. The molecule has 3 unspecified atom stereocenters. The van der Waals surface area contributed by atoms with Crippen LogP contribution in [0.5, 0.6) is 0 Å². The molecule has 1 N–H and O–H groups in total. The highest BCUT2D eigenvalue weighted by atomic mass is 16.5. The molecule has 3 atom stereocenters. The number of aliphatic hydroxyl groups is 1. The van der Waals surface area contributed by atoms with Crippen molar-refractivity contribution in [3.8, 4) is 0 Å². The Balaban J connectivity index is 1.65. The van der Waals surface area contributed by atoms with Gasteiger partial charge < -0.3 is 14.4 Å². The Kier molecular flexibility index (Phi) is 4.13. The van der Waals surface area contributed by atoms with Crippen molar-refractivity contribution in [3.63, 3.8) is 0 Å². The second-order valence-electron chi connectivity index (χ2n) is 5.79. The molecule has 2 fully saturated rings. The van der Waals surface area contributed by atoms with Crippen LogP contribution >= 0.6 is 0 Å². The Bertz CT molecular complexity index is 401. The van der Waals surface area contributed by atoms with Crippen LogP contribution in [-0.2, 0) is 11.2 Å². The van der Waals surface area contributed by atoms with Gasteiger partial charge in [-0.15, -0.1) is 0 Å². The van der Waals surface area contributed by atoms with E-state index in [0.717, 1.165) is 57.6 Å². The van der Waals surface area contributed by atoms with Gasteiger partial charge in [-0.25, -0.2) is 0 Å². The van der Waals surface area contributed by atoms with Gasteiger partial charge >= 0.3 is 0 Å². The molecular formula is C14H22N2O3. The molecule has 1 aliphatic carbocycles. The second kappa shape index (κ2) is 6.01. The second-order valence-corrected chi connectivity index (χ2v) is 5.79. The Morgan fingerprint density at radius 1 is 1.16 bits per heavy atom. The molecule has 1 saturated carbocycles. The van der Waals surface area contributed by atoms with Crippen molar-refractivity contribution in [3.05, 3.63) is 11.7 Å². The van der Waals surface area contributed by atoms with Crippen LogP contribution in [0.2, 0.25) is 0 Å². The van der Waals surface area contributed by atoms with Gasteiger partial charge in [0.25, 0.3) is 0 Å². The minimum atomic E-state index is -0.328. The number of aliphatic hydroxyl groups excluding tert-OH is 1. The van der Waals surface area contributed by atoms with Gasteiger partial charge in [-0.1, -0.05) is 24.4 Å². The predicted molar refractivity (Wildman–Crippen MR) is 68.8 cm³/mol. The number of aromatic nitrogens is 2. The first-order valence-corrected chi connectivity index (χ1v) is 7.41. The molecule has 1 aromatic rings. The molecule has 0 radical (unpaired) electrons. The van der Waals surface area contributed by atoms with E-state index in [-0.39, 0.29) is 12.0 Å². The van der Waals surface area contributed by atoms with Crippen molar-refractivity contribution < 1.29 is 14.4 Å². The third-order valence-corrected chi connectivity index (χ3v) is 4.28. The molecule has 2 heterocycles. The number of rotatable bonds is 3. The number of nitrogens with zero attached hydrogens (tertiary/aromatic N) is 2. The molecule has 2 aliphatic rings. The molecule has 19 heavy (non-hydrogen) atoms. The van der Waals surface area contributed by atoms with Crippen LogP contribution < -0.4 is 0 Å². The van der Waals surface area contributed by atoms with E-state index in [1.807, 2.05) is 0 Å². The molecule has 5 heteroatoms. The van der Waals surface area contributed by atoms with E-state index in [1.54, 1.807) is 0 Å². The van der Waals surface area contributed by atoms with Crippen LogP contribution in [0.1, 0.15) is 56.2 Å². The summed E-state index contributed by atoms with van der Waals surface area (Å²) in [6, 6.07) is 0. The van der Waals surface area contributed by atoms with E-state index in [1.165, 1.54) is 6.42 Å². The zero-order valence-corrected chi connectivity index (χ0v) is 11.3. The summed E-state index contributed by atoms with van der Waals surface area (Å²) >= 11 is 0. The van der Waals surface area contributed by atoms with Crippen molar-refractivity contribution in [1.29, 1.82) is 0 Å². The highest BCUT2D eigenvalue weighted by Crippen LogP contribution is 2.31. The van der Waals surface area contributed by atoms with E-state index < -0.39 is 0 Å². The Morgan fingerprint density at radius 3 is 2.89 bits per heavy atom. The standard InChI is InChI=1S/C14H22N2O3/c17-12-5-3-1-2-4-11(12)14-15-13(16-19-14)8-10-6-7-18-9-10/h10-12,17H,1-9H2. The topological polar surface area (TPSA) is 68.4 Å². The Hall–Kier alpha value is -0.940. The molecule has 3 rings (SSSR count). The van der Waals surface area contributed by atoms with Gasteiger partial charge in [0.2, 0.25) is 5.89 Å². The predicted octanol–water partition coefficient (Wildman–Crippen LogP) is 2.06. The molecule has 5 nitrogen and oxygen atoms in total. The highest BCUT2D eigenvalue weighted by Gasteiger charge is 2.28. The summed E-state index contributed by atoms with van der Waals surface area (Å²) in [6.45, 7) is 1.65. The molecule has 1 aliphatic heterocycles. The average Bonchev–Trinajstić information content (AvgIpc) is 3.02. The summed E-state index contributed by atoms with van der Waals surface area (Å²) in [4.78, 5) is 4.50. The van der Waals surface area contributed by atoms with Crippen molar-refractivity contribution >= 4 is 0 Å². The van der Waals surface area contributed by atoms with Gasteiger partial charge in [-0.05, 0) is 25.2 Å². The summed E-state index contributed by atoms with van der Waals surface area (Å²) < 4.78 is 10.7. The van der Waals surface area contributed by atoms with Crippen LogP contribution in [-0.4, -0.2) is 34.6 Å². The van der Waals surface area contributed by atoms with Crippen LogP contribution in [0.4, 0.5) is 0 Å². The molecule has 0 amide bonds. The van der Waals surface area contributed by atoms with E-state index >= 15 is 0 Å². The van der Waals surface area contributed by atoms with Gasteiger partial charge in [-0.2, -0.15) is 4.98 Å². The third kappa shape index (κ3) is 3.15. The van der Waals surface area contributed by atoms with Crippen LogP contribution in [0.15, 0.2) is 4.52 Å². The third-order valence-electron chi connectivity index (χ3n) is 4.28. The SMILES string of the molecule is OC1CCCCCC1c1nc(CC2CCOC2)no1. The molecule has 106 valence electrons. The minimum absolute atomic E-state index is 0.0311. The van der Waals surface area contributed by atoms with E-state index in [0.29, 0.717) is 11.8 Å². The van der Waals surface area contributed by atoms with Crippen molar-refractivity contribution in [1.82, 2.24) is 10.1 Å². The quantitative estimate of drug-likeness (QED) is 0.848. The van der Waals surface area contributed by atoms with E-state index in [4.69, 9.17) is 9.26 Å². The summed E-state index contributed by atoms with van der Waals surface area (Å²) in [6.07, 6.45) is 6.80. The molecule has 1 aromatic heterocycles. The lowest BCUT2D eigenvalue weighted by Gasteiger charge is -2.15. The fourth-order valence-electron chi connectivity index (χ4n) is 3.08. The first-order valence-electron chi connectivity index (χ1n) is 7.41. The first-order chi connectivity index (χ1) is 9.33. The summed E-state index contributed by atoms with van der Waals surface area (Å²) in [5, 5.41) is 14.2. The zero-order chi connectivity index (χ0) is 13.1. The fourth-order valence-corrected chi connectivity index (χ4v) is 3.08. The van der Waals surface area contributed by atoms with Crippen LogP contribution in [0, 0.1) is 5.92 Å². The van der Waals surface area contributed by atoms with Crippen molar-refractivity contribution in [2.75, 3.05) is 13.2 Å². The Labute approximate surface area is 113 Å². The molecule has 0 spiro atoms. The smallest absolute Gasteiger partial charge is 0.232 e. The average molecular weight is 266 g/mol. The minimum Gasteiger partial charge on any atom is -0.392 e. The lowest BCUT2D eigenvalue weighted by Crippen LogP contribution is -2.17. The molecule has 0 bridgehead atoms. The largest absolute Gasteiger partial charge is 0.392 e. The zero-order valence-electron chi connectivity index (χ0n) is 11.3. The van der Waals surface area contributed by atoms with Crippen LogP contribution in [0.25, 0.3) is 0 Å². The maximum Gasteiger partial charge on any atom is 0.232 e. The Morgan fingerprint density at radius 2 is 2.05 bits per heavy atom.